The Hall–Kier alpha value is -1.58. The van der Waals surface area contributed by atoms with Crippen LogP contribution in [0.3, 0.4) is 0 Å². The lowest BCUT2D eigenvalue weighted by molar-refractivity contribution is -0.886. The molecule has 1 rings (SSSR count). The molecule has 0 aromatic carbocycles. The van der Waals surface area contributed by atoms with Gasteiger partial charge < -0.3 is 4.74 Å². The highest BCUT2D eigenvalue weighted by Gasteiger charge is 2.10. The van der Waals surface area contributed by atoms with E-state index < -0.39 is 0 Å². The zero-order valence-corrected chi connectivity index (χ0v) is 9.32. The minimum Gasteiger partial charge on any atom is -0.466 e. The van der Waals surface area contributed by atoms with Gasteiger partial charge in [-0.05, 0) is 19.9 Å². The number of ether oxygens (including phenoxy) is 1. The van der Waals surface area contributed by atoms with Crippen molar-refractivity contribution in [2.75, 3.05) is 13.7 Å². The maximum absolute atomic E-state index is 11.3. The second kappa shape index (κ2) is 5.34. The Morgan fingerprint density at radius 1 is 1.47 bits per heavy atom. The lowest BCUT2D eigenvalue weighted by Gasteiger charge is -2.01. The molecule has 0 aliphatic rings. The summed E-state index contributed by atoms with van der Waals surface area (Å²) in [7, 11) is 1.58. The number of carbonyl (C=O) groups is 1. The van der Waals surface area contributed by atoms with Crippen LogP contribution in [0.25, 0.3) is 0 Å². The van der Waals surface area contributed by atoms with Crippen LogP contribution in [0.15, 0.2) is 18.5 Å². The first kappa shape index (κ1) is 11.5. The fraction of sp³-hybridized carbons (Fsp3) is 0.455. The van der Waals surface area contributed by atoms with Gasteiger partial charge >= 0.3 is 5.97 Å². The number of rotatable bonds is 4. The third-order valence-corrected chi connectivity index (χ3v) is 1.90. The Morgan fingerprint density at radius 3 is 2.80 bits per heavy atom. The molecule has 0 aliphatic heterocycles. The van der Waals surface area contributed by atoms with Crippen molar-refractivity contribution in [1.29, 1.82) is 0 Å². The molecule has 4 heteroatoms. The number of nitrogens with zero attached hydrogens (tertiary/aromatic N) is 1. The molecule has 0 fully saturated rings. The van der Waals surface area contributed by atoms with E-state index in [-0.39, 0.29) is 12.4 Å². The van der Waals surface area contributed by atoms with Crippen LogP contribution in [0.5, 0.6) is 0 Å². The molecule has 0 amide bonds. The number of hydrogen-bond donors (Lipinski definition) is 0. The molecule has 1 aromatic rings. The van der Waals surface area contributed by atoms with Gasteiger partial charge in [0.2, 0.25) is 12.4 Å². The predicted octanol–water partition coefficient (Wildman–Crippen LogP) is 0.447. The number of pyridine rings is 1. The van der Waals surface area contributed by atoms with Gasteiger partial charge in [0, 0.05) is 15.9 Å². The number of aryl methyl sites for hydroxylation is 1. The number of hydrogen-bond acceptors (Lipinski definition) is 3. The molecular formula is C11H16NO3+. The molecule has 0 atom stereocenters. The first-order valence-electron chi connectivity index (χ1n) is 4.87. The average molecular weight is 210 g/mol. The number of esters is 1. The van der Waals surface area contributed by atoms with Gasteiger partial charge in [-0.3, -0.25) is 9.63 Å². The molecule has 0 aliphatic carbocycles. The fourth-order valence-electron chi connectivity index (χ4n) is 1.35. The van der Waals surface area contributed by atoms with Crippen LogP contribution >= 0.6 is 0 Å². The smallest absolute Gasteiger partial charge is 0.310 e. The van der Waals surface area contributed by atoms with Gasteiger partial charge in [-0.15, -0.1) is 0 Å². The van der Waals surface area contributed by atoms with Crippen molar-refractivity contribution in [2.24, 2.45) is 0 Å². The summed E-state index contributed by atoms with van der Waals surface area (Å²) in [5, 5.41) is 0. The van der Waals surface area contributed by atoms with Gasteiger partial charge in [0.15, 0.2) is 0 Å². The summed E-state index contributed by atoms with van der Waals surface area (Å²) in [5.74, 6) is -0.217. The van der Waals surface area contributed by atoms with Crippen molar-refractivity contribution in [3.05, 3.63) is 29.6 Å². The van der Waals surface area contributed by atoms with Crippen LogP contribution in [-0.2, 0) is 16.0 Å². The van der Waals surface area contributed by atoms with E-state index >= 15 is 0 Å². The monoisotopic (exact) mass is 210 g/mol. The van der Waals surface area contributed by atoms with E-state index in [1.54, 1.807) is 25.0 Å². The van der Waals surface area contributed by atoms with E-state index in [1.165, 1.54) is 0 Å². The minimum absolute atomic E-state index is 0.217. The SMILES string of the molecule is CCOC(=O)Cc1cc(C)c[n+](OC)c1. The molecule has 1 aromatic heterocycles. The predicted molar refractivity (Wildman–Crippen MR) is 54.2 cm³/mol. The lowest BCUT2D eigenvalue weighted by Crippen LogP contribution is -2.40. The van der Waals surface area contributed by atoms with Gasteiger partial charge in [0.1, 0.15) is 7.11 Å². The van der Waals surface area contributed by atoms with Crippen LogP contribution in [0.1, 0.15) is 18.1 Å². The molecule has 0 bridgehead atoms. The molecule has 0 saturated carbocycles. The first-order chi connectivity index (χ1) is 7.15. The Bertz CT molecular complexity index is 350. The van der Waals surface area contributed by atoms with Crippen molar-refractivity contribution in [1.82, 2.24) is 0 Å². The van der Waals surface area contributed by atoms with Gasteiger partial charge in [-0.1, -0.05) is 0 Å². The molecule has 82 valence electrons. The van der Waals surface area contributed by atoms with Crippen molar-refractivity contribution < 1.29 is 19.1 Å². The normalized spacial score (nSPS) is 9.80. The van der Waals surface area contributed by atoms with Crippen LogP contribution in [-0.4, -0.2) is 19.7 Å². The highest BCUT2D eigenvalue weighted by Crippen LogP contribution is 2.01. The van der Waals surface area contributed by atoms with Gasteiger partial charge in [0.05, 0.1) is 13.0 Å². The minimum atomic E-state index is -0.217. The Kier molecular flexibility index (Phi) is 4.09. The standard InChI is InChI=1S/C11H16NO3/c1-4-15-11(13)6-10-5-9(2)7-12(8-10)14-3/h5,7-8H,4,6H2,1-3H3/q+1. The highest BCUT2D eigenvalue weighted by atomic mass is 16.6. The summed E-state index contributed by atoms with van der Waals surface area (Å²) in [6.07, 6.45) is 3.89. The van der Waals surface area contributed by atoms with Gasteiger partial charge in [0.25, 0.3) is 0 Å². The molecule has 15 heavy (non-hydrogen) atoms. The van der Waals surface area contributed by atoms with Gasteiger partial charge in [-0.2, -0.15) is 0 Å². The fourth-order valence-corrected chi connectivity index (χ4v) is 1.35. The van der Waals surface area contributed by atoms with E-state index in [0.29, 0.717) is 6.61 Å². The third-order valence-electron chi connectivity index (χ3n) is 1.90. The lowest BCUT2D eigenvalue weighted by atomic mass is 10.2. The average Bonchev–Trinajstić information content (AvgIpc) is 2.17. The molecular weight excluding hydrogens is 194 g/mol. The van der Waals surface area contributed by atoms with Gasteiger partial charge in [-0.25, -0.2) is 0 Å². The second-order valence-corrected chi connectivity index (χ2v) is 3.25. The summed E-state index contributed by atoms with van der Waals surface area (Å²) in [5.41, 5.74) is 1.92. The van der Waals surface area contributed by atoms with E-state index in [0.717, 1.165) is 11.1 Å². The second-order valence-electron chi connectivity index (χ2n) is 3.25. The van der Waals surface area contributed by atoms with E-state index in [1.807, 2.05) is 19.2 Å². The van der Waals surface area contributed by atoms with Crippen LogP contribution in [0, 0.1) is 6.92 Å². The van der Waals surface area contributed by atoms with Crippen molar-refractivity contribution in [3.63, 3.8) is 0 Å². The third kappa shape index (κ3) is 3.58. The van der Waals surface area contributed by atoms with Crippen molar-refractivity contribution in [3.8, 4) is 0 Å². The summed E-state index contributed by atoms with van der Waals surface area (Å²) in [6.45, 7) is 4.16. The Balaban J connectivity index is 2.76. The quantitative estimate of drug-likeness (QED) is 0.535. The van der Waals surface area contributed by atoms with Crippen molar-refractivity contribution in [2.45, 2.75) is 20.3 Å². The first-order valence-corrected chi connectivity index (χ1v) is 4.87. The van der Waals surface area contributed by atoms with E-state index in [2.05, 4.69) is 0 Å². The van der Waals surface area contributed by atoms with Crippen LogP contribution in [0.2, 0.25) is 0 Å². The van der Waals surface area contributed by atoms with E-state index in [9.17, 15) is 4.79 Å². The summed E-state index contributed by atoms with van der Waals surface area (Å²) >= 11 is 0. The maximum atomic E-state index is 11.3. The maximum Gasteiger partial charge on any atom is 0.310 e. The summed E-state index contributed by atoms with van der Waals surface area (Å²) < 4.78 is 6.44. The highest BCUT2D eigenvalue weighted by molar-refractivity contribution is 5.72. The Labute approximate surface area is 89.4 Å². The molecule has 0 saturated heterocycles. The molecule has 4 nitrogen and oxygen atoms in total. The summed E-state index contributed by atoms with van der Waals surface area (Å²) in [4.78, 5) is 16.3. The zero-order valence-electron chi connectivity index (χ0n) is 9.32. The Morgan fingerprint density at radius 2 is 2.20 bits per heavy atom. The topological polar surface area (TPSA) is 39.4 Å². The molecule has 0 radical (unpaired) electrons. The van der Waals surface area contributed by atoms with Crippen LogP contribution in [0.4, 0.5) is 0 Å². The number of aromatic nitrogens is 1. The van der Waals surface area contributed by atoms with E-state index in [4.69, 9.17) is 9.57 Å². The largest absolute Gasteiger partial charge is 0.466 e. The zero-order chi connectivity index (χ0) is 11.3. The molecule has 0 unspecified atom stereocenters. The molecule has 1 heterocycles. The van der Waals surface area contributed by atoms with Crippen molar-refractivity contribution >= 4 is 5.97 Å². The van der Waals surface area contributed by atoms with Crippen LogP contribution < -0.4 is 9.57 Å². The molecule has 0 spiro atoms. The number of carbonyl (C=O) groups excluding carboxylic acids is 1. The molecule has 0 N–H and O–H groups in total. The summed E-state index contributed by atoms with van der Waals surface area (Å²) in [6, 6.07) is 1.94.